The number of rotatable bonds is 4. The van der Waals surface area contributed by atoms with Gasteiger partial charge >= 0.3 is 5.69 Å². The number of nitrogens with two attached hydrogens (primary N) is 1. The van der Waals surface area contributed by atoms with Crippen molar-refractivity contribution in [3.63, 3.8) is 0 Å². The Balaban J connectivity index is 2.10. The highest BCUT2D eigenvalue weighted by molar-refractivity contribution is 5.48. The monoisotopic (exact) mass is 264 g/mol. The summed E-state index contributed by atoms with van der Waals surface area (Å²) in [7, 11) is 0. The number of ether oxygens (including phenoxy) is 1. The van der Waals surface area contributed by atoms with Crippen LogP contribution in [0.4, 0.5) is 5.69 Å². The Kier molecular flexibility index (Phi) is 4.04. The van der Waals surface area contributed by atoms with Crippen LogP contribution in [0.3, 0.4) is 0 Å². The van der Waals surface area contributed by atoms with Gasteiger partial charge in [0.15, 0.2) is 5.75 Å². The molecule has 0 amide bonds. The van der Waals surface area contributed by atoms with Gasteiger partial charge in [0.25, 0.3) is 0 Å². The summed E-state index contributed by atoms with van der Waals surface area (Å²) in [6.07, 6.45) is 5.27. The Hall–Kier alpha value is -1.62. The Morgan fingerprint density at radius 1 is 1.37 bits per heavy atom. The zero-order valence-electron chi connectivity index (χ0n) is 11.2. The fourth-order valence-electron chi connectivity index (χ4n) is 2.51. The van der Waals surface area contributed by atoms with E-state index in [1.54, 1.807) is 12.1 Å². The molecule has 1 aromatic carbocycles. The van der Waals surface area contributed by atoms with Crippen molar-refractivity contribution in [2.45, 2.75) is 44.6 Å². The average molecular weight is 264 g/mol. The van der Waals surface area contributed by atoms with Gasteiger partial charge in [0.1, 0.15) is 6.61 Å². The molecule has 5 nitrogen and oxygen atoms in total. The van der Waals surface area contributed by atoms with Crippen molar-refractivity contribution in [1.82, 2.24) is 0 Å². The maximum Gasteiger partial charge on any atom is 0.310 e. The fraction of sp³-hybridized carbons (Fsp3) is 0.571. The number of nitro benzene ring substituents is 1. The highest BCUT2D eigenvalue weighted by Crippen LogP contribution is 2.31. The lowest BCUT2D eigenvalue weighted by Gasteiger charge is -2.32. The van der Waals surface area contributed by atoms with E-state index in [4.69, 9.17) is 10.5 Å². The summed E-state index contributed by atoms with van der Waals surface area (Å²) in [4.78, 5) is 10.5. The third-order valence-corrected chi connectivity index (χ3v) is 3.68. The molecule has 2 rings (SSSR count). The van der Waals surface area contributed by atoms with Crippen molar-refractivity contribution in [1.29, 1.82) is 0 Å². The smallest absolute Gasteiger partial charge is 0.310 e. The van der Waals surface area contributed by atoms with Crippen LogP contribution in [0.25, 0.3) is 0 Å². The summed E-state index contributed by atoms with van der Waals surface area (Å²) >= 11 is 0. The van der Waals surface area contributed by atoms with Gasteiger partial charge in [-0.25, -0.2) is 0 Å². The van der Waals surface area contributed by atoms with E-state index in [2.05, 4.69) is 0 Å². The molecule has 5 heteroatoms. The molecule has 1 aliphatic carbocycles. The van der Waals surface area contributed by atoms with E-state index in [1.165, 1.54) is 12.5 Å². The first-order valence-corrected chi connectivity index (χ1v) is 6.67. The van der Waals surface area contributed by atoms with E-state index in [1.807, 2.05) is 6.92 Å². The molecule has 1 fully saturated rings. The predicted molar refractivity (Wildman–Crippen MR) is 73.3 cm³/mol. The van der Waals surface area contributed by atoms with Crippen LogP contribution in [0.1, 0.15) is 37.7 Å². The SMILES string of the molecule is Cc1ccc([N+](=O)[O-])c(OCC2(N)CCCCC2)c1. The fourth-order valence-corrected chi connectivity index (χ4v) is 2.51. The van der Waals surface area contributed by atoms with E-state index in [9.17, 15) is 10.1 Å². The Morgan fingerprint density at radius 3 is 2.68 bits per heavy atom. The van der Waals surface area contributed by atoms with Gasteiger partial charge in [0.05, 0.1) is 10.5 Å². The van der Waals surface area contributed by atoms with Crippen LogP contribution in [0.15, 0.2) is 18.2 Å². The van der Waals surface area contributed by atoms with Gasteiger partial charge in [0, 0.05) is 6.07 Å². The zero-order valence-corrected chi connectivity index (χ0v) is 11.2. The first-order chi connectivity index (χ1) is 9.00. The lowest BCUT2D eigenvalue weighted by molar-refractivity contribution is -0.385. The van der Waals surface area contributed by atoms with E-state index < -0.39 is 4.92 Å². The zero-order chi connectivity index (χ0) is 13.9. The van der Waals surface area contributed by atoms with E-state index in [0.29, 0.717) is 12.4 Å². The third-order valence-electron chi connectivity index (χ3n) is 3.68. The molecule has 0 radical (unpaired) electrons. The summed E-state index contributed by atoms with van der Waals surface area (Å²) in [5.74, 6) is 0.320. The summed E-state index contributed by atoms with van der Waals surface area (Å²) in [5, 5.41) is 11.0. The molecule has 0 heterocycles. The van der Waals surface area contributed by atoms with Crippen molar-refractivity contribution >= 4 is 5.69 Å². The lowest BCUT2D eigenvalue weighted by atomic mass is 9.83. The number of aryl methyl sites for hydroxylation is 1. The normalized spacial score (nSPS) is 18.0. The number of nitro groups is 1. The van der Waals surface area contributed by atoms with Crippen LogP contribution in [0, 0.1) is 17.0 Å². The Morgan fingerprint density at radius 2 is 2.05 bits per heavy atom. The van der Waals surface area contributed by atoms with Gasteiger partial charge in [-0.15, -0.1) is 0 Å². The highest BCUT2D eigenvalue weighted by Gasteiger charge is 2.29. The van der Waals surface area contributed by atoms with Crippen LogP contribution in [0.2, 0.25) is 0 Å². The molecule has 1 saturated carbocycles. The first-order valence-electron chi connectivity index (χ1n) is 6.67. The van der Waals surface area contributed by atoms with Crippen LogP contribution in [0.5, 0.6) is 5.75 Å². The lowest BCUT2D eigenvalue weighted by Crippen LogP contribution is -2.47. The maximum absolute atomic E-state index is 11.0. The van der Waals surface area contributed by atoms with Gasteiger partial charge < -0.3 is 10.5 Å². The highest BCUT2D eigenvalue weighted by atomic mass is 16.6. The van der Waals surface area contributed by atoms with E-state index in [0.717, 1.165) is 31.2 Å². The molecule has 104 valence electrons. The molecule has 0 saturated heterocycles. The van der Waals surface area contributed by atoms with Crippen molar-refractivity contribution in [2.75, 3.05) is 6.61 Å². The van der Waals surface area contributed by atoms with Gasteiger partial charge in [-0.2, -0.15) is 0 Å². The molecule has 1 aliphatic rings. The molecule has 0 atom stereocenters. The summed E-state index contributed by atoms with van der Waals surface area (Å²) in [6, 6.07) is 4.89. The molecule has 0 unspecified atom stereocenters. The molecule has 1 aromatic rings. The molecule has 2 N–H and O–H groups in total. The quantitative estimate of drug-likeness (QED) is 0.670. The van der Waals surface area contributed by atoms with Gasteiger partial charge in [-0.1, -0.05) is 25.3 Å². The standard InChI is InChI=1S/C14H20N2O3/c1-11-5-6-12(16(17)18)13(9-11)19-10-14(15)7-3-2-4-8-14/h5-6,9H,2-4,7-8,10,15H2,1H3. The minimum absolute atomic E-state index is 0.00464. The molecule has 0 aliphatic heterocycles. The van der Waals surface area contributed by atoms with Crippen LogP contribution in [-0.4, -0.2) is 17.1 Å². The van der Waals surface area contributed by atoms with Crippen LogP contribution in [-0.2, 0) is 0 Å². The largest absolute Gasteiger partial charge is 0.485 e. The van der Waals surface area contributed by atoms with E-state index in [-0.39, 0.29) is 11.2 Å². The van der Waals surface area contributed by atoms with Crippen molar-refractivity contribution < 1.29 is 9.66 Å². The van der Waals surface area contributed by atoms with Gasteiger partial charge in [-0.3, -0.25) is 10.1 Å². The molecular formula is C14H20N2O3. The Labute approximate surface area is 112 Å². The third kappa shape index (κ3) is 3.44. The summed E-state index contributed by atoms with van der Waals surface area (Å²) < 4.78 is 5.66. The topological polar surface area (TPSA) is 78.4 Å². The molecule has 19 heavy (non-hydrogen) atoms. The number of benzene rings is 1. The predicted octanol–water partition coefficient (Wildman–Crippen LogP) is 2.94. The average Bonchev–Trinajstić information content (AvgIpc) is 2.37. The second-order valence-electron chi connectivity index (χ2n) is 5.44. The number of hydrogen-bond acceptors (Lipinski definition) is 4. The molecule has 0 bridgehead atoms. The number of hydrogen-bond donors (Lipinski definition) is 1. The minimum Gasteiger partial charge on any atom is -0.485 e. The Bertz CT molecular complexity index is 468. The first kappa shape index (κ1) is 13.8. The van der Waals surface area contributed by atoms with Crippen molar-refractivity contribution in [3.8, 4) is 5.75 Å². The maximum atomic E-state index is 11.0. The summed E-state index contributed by atoms with van der Waals surface area (Å²) in [6.45, 7) is 2.23. The van der Waals surface area contributed by atoms with E-state index >= 15 is 0 Å². The van der Waals surface area contributed by atoms with Crippen molar-refractivity contribution in [2.24, 2.45) is 5.73 Å². The van der Waals surface area contributed by atoms with Crippen molar-refractivity contribution in [3.05, 3.63) is 33.9 Å². The number of nitrogens with zero attached hydrogens (tertiary/aromatic N) is 1. The minimum atomic E-state index is -0.418. The summed E-state index contributed by atoms with van der Waals surface area (Å²) in [5.41, 5.74) is 6.88. The van der Waals surface area contributed by atoms with Gasteiger partial charge in [-0.05, 0) is 31.4 Å². The van der Waals surface area contributed by atoms with Gasteiger partial charge in [0.2, 0.25) is 0 Å². The molecule has 0 spiro atoms. The molecule has 0 aromatic heterocycles. The van der Waals surface area contributed by atoms with Crippen LogP contribution < -0.4 is 10.5 Å². The van der Waals surface area contributed by atoms with Crippen LogP contribution >= 0.6 is 0 Å². The molecular weight excluding hydrogens is 244 g/mol. The second-order valence-corrected chi connectivity index (χ2v) is 5.44. The second kappa shape index (κ2) is 5.57.